The standard InChI is InChI=1S/C20H25N5O3S/c1-4-25-18-6-5-16(29(27,28)24(2)3)13-17(18)23-19(25)7-8-20(26)22-14-15-9-11-21-12-10-15/h5-6,9-13H,4,7-8,14H2,1-3H3,(H,22,26). The zero-order valence-electron chi connectivity index (χ0n) is 16.8. The van der Waals surface area contributed by atoms with Gasteiger partial charge in [-0.3, -0.25) is 9.78 Å². The van der Waals surface area contributed by atoms with Crippen molar-refractivity contribution in [2.75, 3.05) is 14.1 Å². The Labute approximate surface area is 170 Å². The molecule has 0 spiro atoms. The quantitative estimate of drug-likeness (QED) is 0.606. The Hall–Kier alpha value is -2.78. The van der Waals surface area contributed by atoms with Gasteiger partial charge in [-0.1, -0.05) is 0 Å². The molecule has 0 radical (unpaired) electrons. The topological polar surface area (TPSA) is 97.2 Å². The van der Waals surface area contributed by atoms with Crippen molar-refractivity contribution in [1.82, 2.24) is 24.2 Å². The number of sulfonamides is 1. The molecule has 2 aromatic heterocycles. The average molecular weight is 416 g/mol. The van der Waals surface area contributed by atoms with Crippen molar-refractivity contribution < 1.29 is 13.2 Å². The smallest absolute Gasteiger partial charge is 0.242 e. The van der Waals surface area contributed by atoms with E-state index in [1.165, 1.54) is 18.4 Å². The summed E-state index contributed by atoms with van der Waals surface area (Å²) in [5, 5.41) is 2.89. The van der Waals surface area contributed by atoms with E-state index in [0.29, 0.717) is 31.4 Å². The Kier molecular flexibility index (Phi) is 6.29. The van der Waals surface area contributed by atoms with Crippen LogP contribution in [-0.2, 0) is 34.3 Å². The first-order chi connectivity index (χ1) is 13.8. The van der Waals surface area contributed by atoms with Crippen LogP contribution < -0.4 is 5.32 Å². The predicted octanol–water partition coefficient (Wildman–Crippen LogP) is 1.95. The zero-order chi connectivity index (χ0) is 21.0. The third-order valence-corrected chi connectivity index (χ3v) is 6.52. The van der Waals surface area contributed by atoms with E-state index in [2.05, 4.69) is 15.3 Å². The van der Waals surface area contributed by atoms with Crippen LogP contribution in [0.5, 0.6) is 0 Å². The van der Waals surface area contributed by atoms with Gasteiger partial charge in [-0.25, -0.2) is 17.7 Å². The second kappa shape index (κ2) is 8.71. The number of carbonyl (C=O) groups excluding carboxylic acids is 1. The molecular formula is C20H25N5O3S. The summed E-state index contributed by atoms with van der Waals surface area (Å²) in [5.41, 5.74) is 2.46. The maximum absolute atomic E-state index is 12.4. The van der Waals surface area contributed by atoms with E-state index >= 15 is 0 Å². The third-order valence-electron chi connectivity index (χ3n) is 4.71. The number of aryl methyl sites for hydroxylation is 2. The molecule has 1 amide bonds. The van der Waals surface area contributed by atoms with Crippen LogP contribution in [0.15, 0.2) is 47.6 Å². The fourth-order valence-corrected chi connectivity index (χ4v) is 4.01. The van der Waals surface area contributed by atoms with Gasteiger partial charge in [0, 0.05) is 52.4 Å². The van der Waals surface area contributed by atoms with Gasteiger partial charge in [0.05, 0.1) is 15.9 Å². The van der Waals surface area contributed by atoms with Crippen molar-refractivity contribution in [3.8, 4) is 0 Å². The molecule has 0 atom stereocenters. The highest BCUT2D eigenvalue weighted by Crippen LogP contribution is 2.22. The molecule has 3 rings (SSSR count). The summed E-state index contributed by atoms with van der Waals surface area (Å²) in [6.45, 7) is 3.14. The second-order valence-electron chi connectivity index (χ2n) is 6.84. The number of pyridine rings is 1. The number of aromatic nitrogens is 3. The van der Waals surface area contributed by atoms with Crippen molar-refractivity contribution in [3.05, 3.63) is 54.1 Å². The molecular weight excluding hydrogens is 390 g/mol. The lowest BCUT2D eigenvalue weighted by Gasteiger charge is -2.11. The van der Waals surface area contributed by atoms with E-state index in [4.69, 9.17) is 0 Å². The van der Waals surface area contributed by atoms with Crippen molar-refractivity contribution in [2.24, 2.45) is 0 Å². The van der Waals surface area contributed by atoms with Gasteiger partial charge >= 0.3 is 0 Å². The number of benzene rings is 1. The van der Waals surface area contributed by atoms with Gasteiger partial charge in [0.2, 0.25) is 15.9 Å². The van der Waals surface area contributed by atoms with Crippen LogP contribution in [0.2, 0.25) is 0 Å². The lowest BCUT2D eigenvalue weighted by Crippen LogP contribution is -2.23. The molecule has 154 valence electrons. The van der Waals surface area contributed by atoms with Gasteiger partial charge in [-0.15, -0.1) is 0 Å². The molecule has 8 nitrogen and oxygen atoms in total. The number of nitrogens with one attached hydrogen (secondary N) is 1. The first kappa shape index (κ1) is 20.9. The van der Waals surface area contributed by atoms with E-state index in [0.717, 1.165) is 16.9 Å². The Bertz CT molecular complexity index is 1110. The Morgan fingerprint density at radius 2 is 1.90 bits per heavy atom. The number of rotatable bonds is 8. The van der Waals surface area contributed by atoms with Gasteiger partial charge in [-0.2, -0.15) is 0 Å². The minimum atomic E-state index is -3.52. The van der Waals surface area contributed by atoms with Crippen LogP contribution in [-0.4, -0.2) is 47.3 Å². The van der Waals surface area contributed by atoms with Gasteiger partial charge in [-0.05, 0) is 42.8 Å². The Morgan fingerprint density at radius 3 is 2.55 bits per heavy atom. The number of carbonyl (C=O) groups is 1. The SMILES string of the molecule is CCn1c(CCC(=O)NCc2ccncc2)nc2cc(S(=O)(=O)N(C)C)ccc21. The minimum absolute atomic E-state index is 0.0626. The van der Waals surface area contributed by atoms with E-state index in [1.54, 1.807) is 30.6 Å². The van der Waals surface area contributed by atoms with Crippen LogP contribution >= 0.6 is 0 Å². The number of hydrogen-bond acceptors (Lipinski definition) is 5. The monoisotopic (exact) mass is 415 g/mol. The molecule has 0 saturated carbocycles. The Balaban J connectivity index is 1.74. The molecule has 1 aromatic carbocycles. The molecule has 0 aliphatic rings. The van der Waals surface area contributed by atoms with E-state index in [1.807, 2.05) is 23.6 Å². The molecule has 0 bridgehead atoms. The summed E-state index contributed by atoms with van der Waals surface area (Å²) < 4.78 is 27.9. The second-order valence-corrected chi connectivity index (χ2v) is 8.99. The molecule has 9 heteroatoms. The zero-order valence-corrected chi connectivity index (χ0v) is 17.6. The molecule has 0 aliphatic carbocycles. The average Bonchev–Trinajstić information content (AvgIpc) is 3.08. The summed E-state index contributed by atoms with van der Waals surface area (Å²) in [5.74, 6) is 0.702. The first-order valence-corrected chi connectivity index (χ1v) is 10.8. The number of hydrogen-bond donors (Lipinski definition) is 1. The Morgan fingerprint density at radius 1 is 1.17 bits per heavy atom. The molecule has 3 aromatic rings. The van der Waals surface area contributed by atoms with Crippen LogP contribution in [0.3, 0.4) is 0 Å². The maximum atomic E-state index is 12.4. The van der Waals surface area contributed by atoms with Crippen LogP contribution in [0.4, 0.5) is 0 Å². The molecule has 0 fully saturated rings. The van der Waals surface area contributed by atoms with Gasteiger partial charge < -0.3 is 9.88 Å². The first-order valence-electron chi connectivity index (χ1n) is 9.40. The summed E-state index contributed by atoms with van der Waals surface area (Å²) in [7, 11) is -0.522. The van der Waals surface area contributed by atoms with Crippen molar-refractivity contribution >= 4 is 27.0 Å². The molecule has 0 aliphatic heterocycles. The number of amides is 1. The number of imidazole rings is 1. The lowest BCUT2D eigenvalue weighted by molar-refractivity contribution is -0.121. The fraction of sp³-hybridized carbons (Fsp3) is 0.350. The molecule has 1 N–H and O–H groups in total. The number of fused-ring (bicyclic) bond motifs is 1. The van der Waals surface area contributed by atoms with Gasteiger partial charge in [0.15, 0.2) is 0 Å². The highest BCUT2D eigenvalue weighted by molar-refractivity contribution is 7.89. The molecule has 0 saturated heterocycles. The van der Waals surface area contributed by atoms with Crippen LogP contribution in [0.1, 0.15) is 24.7 Å². The summed E-state index contributed by atoms with van der Waals surface area (Å²) in [6, 6.07) is 8.67. The van der Waals surface area contributed by atoms with E-state index < -0.39 is 10.0 Å². The van der Waals surface area contributed by atoms with Crippen molar-refractivity contribution in [1.29, 1.82) is 0 Å². The third kappa shape index (κ3) is 4.63. The summed E-state index contributed by atoms with van der Waals surface area (Å²) in [6.07, 6.45) is 4.16. The van der Waals surface area contributed by atoms with Gasteiger partial charge in [0.1, 0.15) is 5.82 Å². The van der Waals surface area contributed by atoms with Crippen LogP contribution in [0, 0.1) is 0 Å². The van der Waals surface area contributed by atoms with Crippen molar-refractivity contribution in [2.45, 2.75) is 37.8 Å². The lowest BCUT2D eigenvalue weighted by atomic mass is 10.2. The molecule has 2 heterocycles. The highest BCUT2D eigenvalue weighted by atomic mass is 32.2. The number of nitrogens with zero attached hydrogens (tertiary/aromatic N) is 4. The largest absolute Gasteiger partial charge is 0.352 e. The molecule has 0 unspecified atom stereocenters. The van der Waals surface area contributed by atoms with Gasteiger partial charge in [0.25, 0.3) is 0 Å². The normalized spacial score (nSPS) is 11.9. The van der Waals surface area contributed by atoms with E-state index in [-0.39, 0.29) is 10.8 Å². The predicted molar refractivity (Wildman–Crippen MR) is 111 cm³/mol. The summed E-state index contributed by atoms with van der Waals surface area (Å²) in [4.78, 5) is 21.0. The van der Waals surface area contributed by atoms with Crippen LogP contribution in [0.25, 0.3) is 11.0 Å². The van der Waals surface area contributed by atoms with E-state index in [9.17, 15) is 13.2 Å². The minimum Gasteiger partial charge on any atom is -0.352 e. The maximum Gasteiger partial charge on any atom is 0.242 e. The highest BCUT2D eigenvalue weighted by Gasteiger charge is 2.19. The summed E-state index contributed by atoms with van der Waals surface area (Å²) >= 11 is 0. The fourth-order valence-electron chi connectivity index (χ4n) is 3.09. The van der Waals surface area contributed by atoms with Crippen molar-refractivity contribution in [3.63, 3.8) is 0 Å². The molecule has 29 heavy (non-hydrogen) atoms.